The minimum absolute atomic E-state index is 0.211. The van der Waals surface area contributed by atoms with Gasteiger partial charge in [0.15, 0.2) is 0 Å². The van der Waals surface area contributed by atoms with Crippen molar-refractivity contribution in [2.75, 3.05) is 0 Å². The number of hydrogen-bond donors (Lipinski definition) is 1. The third-order valence-electron chi connectivity index (χ3n) is 2.74. The lowest BCUT2D eigenvalue weighted by molar-refractivity contribution is 0.497. The average Bonchev–Trinajstić information content (AvgIpc) is 2.45. The van der Waals surface area contributed by atoms with Crippen molar-refractivity contribution >= 4 is 11.0 Å². The first-order valence-corrected chi connectivity index (χ1v) is 5.22. The first-order valence-electron chi connectivity index (χ1n) is 5.22. The van der Waals surface area contributed by atoms with Crippen molar-refractivity contribution in [2.24, 2.45) is 12.8 Å². The van der Waals surface area contributed by atoms with E-state index in [1.54, 1.807) is 13.0 Å². The normalized spacial score (nSPS) is 12.4. The Balaban J connectivity index is 2.79. The van der Waals surface area contributed by atoms with Crippen molar-refractivity contribution in [2.45, 2.75) is 26.3 Å². The van der Waals surface area contributed by atoms with Crippen LogP contribution in [0, 0.1) is 12.7 Å². The van der Waals surface area contributed by atoms with Crippen LogP contribution in [0.25, 0.3) is 11.0 Å². The summed E-state index contributed by atoms with van der Waals surface area (Å²) in [5, 5.41) is 0. The summed E-state index contributed by atoms with van der Waals surface area (Å²) in [5.41, 5.74) is 7.66. The van der Waals surface area contributed by atoms with Gasteiger partial charge in [0.2, 0.25) is 0 Å². The molecule has 0 aliphatic heterocycles. The molecule has 2 aromatic rings. The van der Waals surface area contributed by atoms with E-state index >= 15 is 0 Å². The van der Waals surface area contributed by atoms with E-state index in [1.807, 2.05) is 25.5 Å². The number of hydrogen-bond acceptors (Lipinski definition) is 2. The zero-order chi connectivity index (χ0) is 12.1. The van der Waals surface area contributed by atoms with Crippen LogP contribution in [0.1, 0.15) is 25.2 Å². The van der Waals surface area contributed by atoms with Gasteiger partial charge >= 0.3 is 0 Å². The van der Waals surface area contributed by atoms with E-state index in [1.165, 1.54) is 6.07 Å². The number of imidazole rings is 1. The Morgan fingerprint density at radius 3 is 2.56 bits per heavy atom. The predicted molar refractivity (Wildman–Crippen MR) is 62.6 cm³/mol. The molecule has 3 nitrogen and oxygen atoms in total. The van der Waals surface area contributed by atoms with Crippen molar-refractivity contribution in [3.8, 4) is 0 Å². The number of halogens is 1. The highest BCUT2D eigenvalue weighted by Gasteiger charge is 2.22. The maximum Gasteiger partial charge on any atom is 0.129 e. The number of nitrogens with two attached hydrogens (primary N) is 1. The Bertz CT molecular complexity index is 549. The van der Waals surface area contributed by atoms with Gasteiger partial charge in [-0.25, -0.2) is 9.37 Å². The van der Waals surface area contributed by atoms with Crippen LogP contribution in [0.15, 0.2) is 12.1 Å². The van der Waals surface area contributed by atoms with Gasteiger partial charge in [-0.15, -0.1) is 0 Å². The summed E-state index contributed by atoms with van der Waals surface area (Å²) in [6, 6.07) is 3.26. The molecule has 2 rings (SSSR count). The van der Waals surface area contributed by atoms with Gasteiger partial charge in [0.1, 0.15) is 11.6 Å². The van der Waals surface area contributed by atoms with Crippen molar-refractivity contribution < 1.29 is 4.39 Å². The SMILES string of the molecule is Cc1cc2nc(C(C)(C)N)n(C)c2cc1F. The molecule has 1 heterocycles. The lowest BCUT2D eigenvalue weighted by Gasteiger charge is -2.17. The Morgan fingerprint density at radius 1 is 1.38 bits per heavy atom. The van der Waals surface area contributed by atoms with E-state index in [9.17, 15) is 4.39 Å². The molecule has 0 saturated carbocycles. The molecule has 0 bridgehead atoms. The summed E-state index contributed by atoms with van der Waals surface area (Å²) < 4.78 is 15.3. The van der Waals surface area contributed by atoms with Gasteiger partial charge in [0, 0.05) is 13.1 Å². The molecule has 1 aromatic carbocycles. The summed E-state index contributed by atoms with van der Waals surface area (Å²) in [6.07, 6.45) is 0. The topological polar surface area (TPSA) is 43.8 Å². The molecule has 1 aromatic heterocycles. The van der Waals surface area contributed by atoms with E-state index in [0.29, 0.717) is 5.56 Å². The van der Waals surface area contributed by atoms with Gasteiger partial charge in [-0.2, -0.15) is 0 Å². The van der Waals surface area contributed by atoms with Crippen LogP contribution in [0.5, 0.6) is 0 Å². The van der Waals surface area contributed by atoms with Crippen LogP contribution >= 0.6 is 0 Å². The standard InChI is InChI=1S/C12H16FN3/c1-7-5-9-10(6-8(7)13)16(4)11(15-9)12(2,3)14/h5-6H,14H2,1-4H3. The molecule has 16 heavy (non-hydrogen) atoms. The third kappa shape index (κ3) is 1.59. The van der Waals surface area contributed by atoms with Crippen LogP contribution in [0.3, 0.4) is 0 Å². The molecule has 0 aliphatic carbocycles. The van der Waals surface area contributed by atoms with E-state index in [2.05, 4.69) is 4.98 Å². The van der Waals surface area contributed by atoms with Gasteiger partial charge in [-0.05, 0) is 32.4 Å². The highest BCUT2D eigenvalue weighted by molar-refractivity contribution is 5.77. The zero-order valence-electron chi connectivity index (χ0n) is 10.0. The Morgan fingerprint density at radius 2 is 2.00 bits per heavy atom. The van der Waals surface area contributed by atoms with E-state index in [0.717, 1.165) is 16.9 Å². The molecule has 0 spiro atoms. The van der Waals surface area contributed by atoms with Crippen LogP contribution < -0.4 is 5.73 Å². The van der Waals surface area contributed by atoms with Crippen LogP contribution in [-0.2, 0) is 12.6 Å². The summed E-state index contributed by atoms with van der Waals surface area (Å²) in [5.74, 6) is 0.546. The van der Waals surface area contributed by atoms with Gasteiger partial charge < -0.3 is 10.3 Å². The predicted octanol–water partition coefficient (Wildman–Crippen LogP) is 2.21. The second-order valence-corrected chi connectivity index (χ2v) is 4.81. The quantitative estimate of drug-likeness (QED) is 0.802. The molecule has 2 N–H and O–H groups in total. The number of fused-ring (bicyclic) bond motifs is 1. The summed E-state index contributed by atoms with van der Waals surface area (Å²) in [4.78, 5) is 4.46. The molecule has 4 heteroatoms. The van der Waals surface area contributed by atoms with E-state index in [-0.39, 0.29) is 5.82 Å². The molecule has 0 amide bonds. The van der Waals surface area contributed by atoms with Crippen LogP contribution in [-0.4, -0.2) is 9.55 Å². The second-order valence-electron chi connectivity index (χ2n) is 4.81. The molecule has 0 unspecified atom stereocenters. The molecule has 0 fully saturated rings. The maximum absolute atomic E-state index is 13.5. The van der Waals surface area contributed by atoms with E-state index in [4.69, 9.17) is 5.73 Å². The number of benzene rings is 1. The third-order valence-corrected chi connectivity index (χ3v) is 2.74. The summed E-state index contributed by atoms with van der Waals surface area (Å²) >= 11 is 0. The fourth-order valence-electron chi connectivity index (χ4n) is 1.89. The second kappa shape index (κ2) is 3.28. The highest BCUT2D eigenvalue weighted by Crippen LogP contribution is 2.23. The maximum atomic E-state index is 13.5. The number of nitrogens with zero attached hydrogens (tertiary/aromatic N) is 2. The smallest absolute Gasteiger partial charge is 0.129 e. The zero-order valence-corrected chi connectivity index (χ0v) is 10.0. The number of aromatic nitrogens is 2. The molecular formula is C12H16FN3. The van der Waals surface area contributed by atoms with E-state index < -0.39 is 5.54 Å². The Hall–Kier alpha value is -1.42. The number of rotatable bonds is 1. The van der Waals surface area contributed by atoms with Crippen LogP contribution in [0.4, 0.5) is 4.39 Å². The minimum atomic E-state index is -0.530. The van der Waals surface area contributed by atoms with Crippen molar-refractivity contribution in [3.63, 3.8) is 0 Å². The largest absolute Gasteiger partial charge is 0.329 e. The fourth-order valence-corrected chi connectivity index (χ4v) is 1.89. The van der Waals surface area contributed by atoms with Crippen molar-refractivity contribution in [3.05, 3.63) is 29.3 Å². The van der Waals surface area contributed by atoms with Crippen molar-refractivity contribution in [1.29, 1.82) is 0 Å². The first-order chi connectivity index (χ1) is 7.30. The molecule has 86 valence electrons. The molecule has 0 atom stereocenters. The van der Waals surface area contributed by atoms with Gasteiger partial charge in [-0.1, -0.05) is 0 Å². The lowest BCUT2D eigenvalue weighted by Crippen LogP contribution is -2.32. The molecule has 0 radical (unpaired) electrons. The van der Waals surface area contributed by atoms with Gasteiger partial charge in [0.05, 0.1) is 16.6 Å². The minimum Gasteiger partial charge on any atom is -0.329 e. The lowest BCUT2D eigenvalue weighted by atomic mass is 10.1. The fraction of sp³-hybridized carbons (Fsp3) is 0.417. The molecule has 0 aliphatic rings. The molecule has 0 saturated heterocycles. The van der Waals surface area contributed by atoms with Gasteiger partial charge in [-0.3, -0.25) is 0 Å². The molecular weight excluding hydrogens is 205 g/mol. The van der Waals surface area contributed by atoms with Gasteiger partial charge in [0.25, 0.3) is 0 Å². The average molecular weight is 221 g/mol. The summed E-state index contributed by atoms with van der Waals surface area (Å²) in [6.45, 7) is 5.51. The first kappa shape index (κ1) is 11.1. The van der Waals surface area contributed by atoms with Crippen molar-refractivity contribution in [1.82, 2.24) is 9.55 Å². The summed E-state index contributed by atoms with van der Waals surface area (Å²) in [7, 11) is 1.86. The Labute approximate surface area is 94.1 Å². The van der Waals surface area contributed by atoms with Crippen LogP contribution in [0.2, 0.25) is 0 Å². The highest BCUT2D eigenvalue weighted by atomic mass is 19.1. The number of aryl methyl sites for hydroxylation is 2. The monoisotopic (exact) mass is 221 g/mol. The Kier molecular flexibility index (Phi) is 2.27.